The summed E-state index contributed by atoms with van der Waals surface area (Å²) in [5.74, 6) is 1.77. The molecule has 2 heterocycles. The SMILES string of the molecule is Cc1ccccc1-c1nc(-c2cccc(-c3c[nH]c(-c4ccccc4C)n3)c2)c[nH]1. The number of nitrogens with zero attached hydrogens (tertiary/aromatic N) is 2. The first-order chi connectivity index (χ1) is 14.7. The molecule has 0 saturated carbocycles. The molecule has 5 rings (SSSR count). The zero-order valence-corrected chi connectivity index (χ0v) is 17.0. The molecule has 0 aliphatic rings. The molecule has 0 unspecified atom stereocenters. The molecule has 146 valence electrons. The second-order valence-corrected chi connectivity index (χ2v) is 7.48. The van der Waals surface area contributed by atoms with E-state index in [4.69, 9.17) is 9.97 Å². The Hall–Kier alpha value is -3.92. The minimum absolute atomic E-state index is 0.884. The minimum atomic E-state index is 0.884. The Morgan fingerprint density at radius 1 is 0.567 bits per heavy atom. The highest BCUT2D eigenvalue weighted by Crippen LogP contribution is 2.29. The van der Waals surface area contributed by atoms with E-state index in [2.05, 4.69) is 72.3 Å². The number of aromatic nitrogens is 4. The van der Waals surface area contributed by atoms with Crippen molar-refractivity contribution >= 4 is 0 Å². The first kappa shape index (κ1) is 18.1. The first-order valence-corrected chi connectivity index (χ1v) is 10.0. The summed E-state index contributed by atoms with van der Waals surface area (Å²) in [7, 11) is 0. The van der Waals surface area contributed by atoms with Gasteiger partial charge in [-0.1, -0.05) is 66.7 Å². The fourth-order valence-electron chi connectivity index (χ4n) is 3.73. The van der Waals surface area contributed by atoms with Gasteiger partial charge in [0.2, 0.25) is 0 Å². The third kappa shape index (κ3) is 3.33. The van der Waals surface area contributed by atoms with Gasteiger partial charge in [0, 0.05) is 34.6 Å². The van der Waals surface area contributed by atoms with E-state index in [-0.39, 0.29) is 0 Å². The second kappa shape index (κ2) is 7.48. The van der Waals surface area contributed by atoms with E-state index < -0.39 is 0 Å². The van der Waals surface area contributed by atoms with Crippen molar-refractivity contribution in [1.82, 2.24) is 19.9 Å². The lowest BCUT2D eigenvalue weighted by molar-refractivity contribution is 1.28. The molecular formula is C26H22N4. The topological polar surface area (TPSA) is 57.4 Å². The predicted octanol–water partition coefficient (Wildman–Crippen LogP) is 6.42. The van der Waals surface area contributed by atoms with Crippen LogP contribution in [-0.2, 0) is 0 Å². The molecule has 0 spiro atoms. The number of hydrogen-bond acceptors (Lipinski definition) is 2. The minimum Gasteiger partial charge on any atom is -0.344 e. The van der Waals surface area contributed by atoms with Crippen LogP contribution >= 0.6 is 0 Å². The van der Waals surface area contributed by atoms with Crippen LogP contribution in [0.4, 0.5) is 0 Å². The van der Waals surface area contributed by atoms with Gasteiger partial charge >= 0.3 is 0 Å². The fraction of sp³-hybridized carbons (Fsp3) is 0.0769. The summed E-state index contributed by atoms with van der Waals surface area (Å²) in [5.41, 5.74) is 8.60. The molecule has 3 aromatic carbocycles. The molecule has 4 heteroatoms. The number of H-pyrrole nitrogens is 2. The number of aryl methyl sites for hydroxylation is 2. The van der Waals surface area contributed by atoms with Gasteiger partial charge in [-0.2, -0.15) is 0 Å². The molecule has 0 aliphatic heterocycles. The van der Waals surface area contributed by atoms with Gasteiger partial charge in [0.15, 0.2) is 0 Å². The lowest BCUT2D eigenvalue weighted by Gasteiger charge is -2.03. The Morgan fingerprint density at radius 2 is 1.03 bits per heavy atom. The van der Waals surface area contributed by atoms with Crippen molar-refractivity contribution in [1.29, 1.82) is 0 Å². The quantitative estimate of drug-likeness (QED) is 0.372. The molecule has 0 atom stereocenters. The molecule has 0 aliphatic carbocycles. The molecular weight excluding hydrogens is 368 g/mol. The standard InChI is InChI=1S/C26H22N4/c1-17-8-3-5-12-21(17)25-27-15-23(29-25)19-10-7-11-20(14-19)24-16-28-26(30-24)22-13-6-4-9-18(22)2/h3-16H,1-2H3,(H,27,29)(H,28,30). The lowest BCUT2D eigenvalue weighted by atomic mass is 10.1. The summed E-state index contributed by atoms with van der Waals surface area (Å²) in [4.78, 5) is 16.3. The first-order valence-electron chi connectivity index (χ1n) is 10.0. The van der Waals surface area contributed by atoms with E-state index in [9.17, 15) is 0 Å². The number of hydrogen-bond donors (Lipinski definition) is 2. The molecule has 4 nitrogen and oxygen atoms in total. The van der Waals surface area contributed by atoms with Crippen LogP contribution in [0.1, 0.15) is 11.1 Å². The molecule has 0 fully saturated rings. The summed E-state index contributed by atoms with van der Waals surface area (Å²) in [6.45, 7) is 4.20. The normalized spacial score (nSPS) is 11.0. The van der Waals surface area contributed by atoms with Gasteiger partial charge in [0.1, 0.15) is 11.6 Å². The summed E-state index contributed by atoms with van der Waals surface area (Å²) in [6.07, 6.45) is 3.92. The maximum absolute atomic E-state index is 4.83. The Bertz CT molecular complexity index is 1230. The Morgan fingerprint density at radius 3 is 1.50 bits per heavy atom. The van der Waals surface area contributed by atoms with Crippen molar-refractivity contribution in [2.24, 2.45) is 0 Å². The number of nitrogens with one attached hydrogen (secondary N) is 2. The third-order valence-corrected chi connectivity index (χ3v) is 5.41. The molecule has 0 amide bonds. The third-order valence-electron chi connectivity index (χ3n) is 5.41. The van der Waals surface area contributed by atoms with Crippen LogP contribution in [0.15, 0.2) is 85.2 Å². The van der Waals surface area contributed by atoms with E-state index in [0.29, 0.717) is 0 Å². The predicted molar refractivity (Wildman–Crippen MR) is 122 cm³/mol. The molecule has 5 aromatic rings. The van der Waals surface area contributed by atoms with Crippen molar-refractivity contribution < 1.29 is 0 Å². The van der Waals surface area contributed by atoms with Crippen molar-refractivity contribution in [3.8, 4) is 45.3 Å². The highest BCUT2D eigenvalue weighted by atomic mass is 14.9. The van der Waals surface area contributed by atoms with Gasteiger partial charge in [0.05, 0.1) is 11.4 Å². The Kier molecular flexibility index (Phi) is 4.52. The van der Waals surface area contributed by atoms with Gasteiger partial charge in [-0.3, -0.25) is 0 Å². The fourth-order valence-corrected chi connectivity index (χ4v) is 3.73. The van der Waals surface area contributed by atoms with Crippen LogP contribution in [0, 0.1) is 13.8 Å². The van der Waals surface area contributed by atoms with E-state index in [0.717, 1.165) is 45.3 Å². The summed E-state index contributed by atoms with van der Waals surface area (Å²) >= 11 is 0. The van der Waals surface area contributed by atoms with Crippen molar-refractivity contribution in [3.63, 3.8) is 0 Å². The van der Waals surface area contributed by atoms with E-state index in [1.54, 1.807) is 0 Å². The highest BCUT2D eigenvalue weighted by molar-refractivity contribution is 5.73. The Labute approximate surface area is 175 Å². The van der Waals surface area contributed by atoms with Gasteiger partial charge in [-0.25, -0.2) is 9.97 Å². The number of benzene rings is 3. The molecule has 0 saturated heterocycles. The summed E-state index contributed by atoms with van der Waals surface area (Å²) in [6, 6.07) is 24.9. The zero-order valence-electron chi connectivity index (χ0n) is 17.0. The van der Waals surface area contributed by atoms with Crippen LogP contribution in [-0.4, -0.2) is 19.9 Å². The number of rotatable bonds is 4. The van der Waals surface area contributed by atoms with Crippen molar-refractivity contribution in [2.75, 3.05) is 0 Å². The van der Waals surface area contributed by atoms with E-state index >= 15 is 0 Å². The molecule has 30 heavy (non-hydrogen) atoms. The summed E-state index contributed by atoms with van der Waals surface area (Å²) < 4.78 is 0. The molecule has 2 N–H and O–H groups in total. The van der Waals surface area contributed by atoms with Gasteiger partial charge in [-0.05, 0) is 31.0 Å². The van der Waals surface area contributed by atoms with Gasteiger partial charge in [0.25, 0.3) is 0 Å². The van der Waals surface area contributed by atoms with Gasteiger partial charge < -0.3 is 9.97 Å². The van der Waals surface area contributed by atoms with Crippen LogP contribution in [0.25, 0.3) is 45.3 Å². The lowest BCUT2D eigenvalue weighted by Crippen LogP contribution is -1.86. The van der Waals surface area contributed by atoms with Crippen LogP contribution in [0.3, 0.4) is 0 Å². The monoisotopic (exact) mass is 390 g/mol. The summed E-state index contributed by atoms with van der Waals surface area (Å²) in [5, 5.41) is 0. The zero-order chi connectivity index (χ0) is 20.5. The molecule has 0 radical (unpaired) electrons. The van der Waals surface area contributed by atoms with Gasteiger partial charge in [-0.15, -0.1) is 0 Å². The smallest absolute Gasteiger partial charge is 0.138 e. The maximum atomic E-state index is 4.83. The molecule has 0 bridgehead atoms. The van der Waals surface area contributed by atoms with Crippen molar-refractivity contribution in [3.05, 3.63) is 96.3 Å². The van der Waals surface area contributed by atoms with Crippen LogP contribution < -0.4 is 0 Å². The largest absolute Gasteiger partial charge is 0.344 e. The highest BCUT2D eigenvalue weighted by Gasteiger charge is 2.11. The number of imidazole rings is 2. The number of aromatic amines is 2. The van der Waals surface area contributed by atoms with E-state index in [1.807, 2.05) is 36.7 Å². The maximum Gasteiger partial charge on any atom is 0.138 e. The Balaban J connectivity index is 1.47. The van der Waals surface area contributed by atoms with Crippen molar-refractivity contribution in [2.45, 2.75) is 13.8 Å². The van der Waals surface area contributed by atoms with E-state index in [1.165, 1.54) is 11.1 Å². The average Bonchev–Trinajstić information content (AvgIpc) is 3.45. The molecule has 2 aromatic heterocycles. The average molecular weight is 390 g/mol. The van der Waals surface area contributed by atoms with Crippen LogP contribution in [0.5, 0.6) is 0 Å². The van der Waals surface area contributed by atoms with Crippen LogP contribution in [0.2, 0.25) is 0 Å². The second-order valence-electron chi connectivity index (χ2n) is 7.48.